The highest BCUT2D eigenvalue weighted by Crippen LogP contribution is 2.27. The molecule has 0 aromatic carbocycles. The number of halogens is 1. The van der Waals surface area contributed by atoms with E-state index >= 15 is 0 Å². The molecule has 22 heavy (non-hydrogen) atoms. The van der Waals surface area contributed by atoms with Crippen LogP contribution in [-0.2, 0) is 4.74 Å². The Balaban J connectivity index is 1.67. The summed E-state index contributed by atoms with van der Waals surface area (Å²) >= 11 is 5.78. The Kier molecular flexibility index (Phi) is 5.05. The van der Waals surface area contributed by atoms with Gasteiger partial charge in [-0.05, 0) is 46.5 Å². The molecule has 122 valence electrons. The molecule has 1 saturated carbocycles. The molecule has 8 heteroatoms. The van der Waals surface area contributed by atoms with Crippen LogP contribution in [0.5, 0.6) is 0 Å². The molecule has 0 atom stereocenters. The standard InChI is InChI=1S/C14H22ClN5O2/c1-8-11(15)19-20-12(17-8)16-7-9-5-10(6-9)18-13(21)22-14(2,3)4/h9-10H,5-7H2,1-4H3,(H,18,21)(H,16,17,20)/t9-,10+. The lowest BCUT2D eigenvalue weighted by Crippen LogP contribution is -2.47. The van der Waals surface area contributed by atoms with Crippen molar-refractivity contribution in [3.8, 4) is 0 Å². The molecule has 0 spiro atoms. The highest BCUT2D eigenvalue weighted by Gasteiger charge is 2.31. The lowest BCUT2D eigenvalue weighted by Gasteiger charge is -2.36. The minimum atomic E-state index is -0.467. The number of alkyl carbamates (subject to hydrolysis) is 1. The molecule has 1 aromatic rings. The number of amides is 1. The fraction of sp³-hybridized carbons (Fsp3) is 0.714. The van der Waals surface area contributed by atoms with Crippen molar-refractivity contribution in [1.82, 2.24) is 20.5 Å². The van der Waals surface area contributed by atoms with Gasteiger partial charge in [-0.25, -0.2) is 9.78 Å². The molecule has 2 N–H and O–H groups in total. The number of aryl methyl sites for hydroxylation is 1. The average molecular weight is 328 g/mol. The molecule has 0 aliphatic heterocycles. The molecule has 1 aliphatic carbocycles. The molecule has 1 amide bonds. The Bertz CT molecular complexity index is 541. The Labute approximate surface area is 135 Å². The van der Waals surface area contributed by atoms with E-state index in [1.165, 1.54) is 0 Å². The summed E-state index contributed by atoms with van der Waals surface area (Å²) in [7, 11) is 0. The van der Waals surface area contributed by atoms with E-state index in [1.54, 1.807) is 6.92 Å². The lowest BCUT2D eigenvalue weighted by molar-refractivity contribution is 0.0456. The third-order valence-corrected chi connectivity index (χ3v) is 3.66. The van der Waals surface area contributed by atoms with E-state index in [1.807, 2.05) is 20.8 Å². The molecule has 0 unspecified atom stereocenters. The van der Waals surface area contributed by atoms with Crippen LogP contribution in [-0.4, -0.2) is 39.5 Å². The van der Waals surface area contributed by atoms with E-state index in [-0.39, 0.29) is 12.1 Å². The molecular weight excluding hydrogens is 306 g/mol. The van der Waals surface area contributed by atoms with Gasteiger partial charge in [0.15, 0.2) is 5.15 Å². The predicted molar refractivity (Wildman–Crippen MR) is 83.9 cm³/mol. The van der Waals surface area contributed by atoms with Gasteiger partial charge in [0, 0.05) is 12.6 Å². The van der Waals surface area contributed by atoms with E-state index in [2.05, 4.69) is 25.8 Å². The minimum Gasteiger partial charge on any atom is -0.444 e. The monoisotopic (exact) mass is 327 g/mol. The molecular formula is C14H22ClN5O2. The van der Waals surface area contributed by atoms with Crippen molar-refractivity contribution < 1.29 is 9.53 Å². The molecule has 1 fully saturated rings. The van der Waals surface area contributed by atoms with E-state index in [9.17, 15) is 4.79 Å². The minimum absolute atomic E-state index is 0.174. The van der Waals surface area contributed by atoms with Gasteiger partial charge in [0.1, 0.15) is 5.60 Å². The quantitative estimate of drug-likeness (QED) is 0.883. The second kappa shape index (κ2) is 6.64. The Hall–Kier alpha value is -1.63. The zero-order chi connectivity index (χ0) is 16.3. The van der Waals surface area contributed by atoms with Gasteiger partial charge >= 0.3 is 6.09 Å². The maximum Gasteiger partial charge on any atom is 0.407 e. The van der Waals surface area contributed by atoms with E-state index in [0.717, 1.165) is 19.4 Å². The second-order valence-electron chi connectivity index (χ2n) is 6.57. The van der Waals surface area contributed by atoms with Crippen molar-refractivity contribution in [1.29, 1.82) is 0 Å². The second-order valence-corrected chi connectivity index (χ2v) is 6.93. The highest BCUT2D eigenvalue weighted by molar-refractivity contribution is 6.29. The van der Waals surface area contributed by atoms with Crippen LogP contribution in [0.3, 0.4) is 0 Å². The summed E-state index contributed by atoms with van der Waals surface area (Å²) in [5, 5.41) is 14.0. The SMILES string of the molecule is Cc1nc(NC[C@H]2C[C@@H](NC(=O)OC(C)(C)C)C2)nnc1Cl. The first-order valence-corrected chi connectivity index (χ1v) is 7.71. The molecule has 1 heterocycles. The normalized spacial score (nSPS) is 21.0. The Morgan fingerprint density at radius 2 is 2.05 bits per heavy atom. The molecule has 1 aliphatic rings. The number of ether oxygens (including phenoxy) is 1. The number of nitrogens with one attached hydrogen (secondary N) is 2. The zero-order valence-corrected chi connectivity index (χ0v) is 14.1. The first kappa shape index (κ1) is 16.7. The summed E-state index contributed by atoms with van der Waals surface area (Å²) in [5.41, 5.74) is 0.184. The van der Waals surface area contributed by atoms with Crippen LogP contribution < -0.4 is 10.6 Å². The van der Waals surface area contributed by atoms with Gasteiger partial charge in [-0.3, -0.25) is 0 Å². The summed E-state index contributed by atoms with van der Waals surface area (Å²) in [6, 6.07) is 0.174. The summed E-state index contributed by atoms with van der Waals surface area (Å²) in [5.74, 6) is 0.949. The third kappa shape index (κ3) is 4.98. The number of nitrogens with zero attached hydrogens (tertiary/aromatic N) is 3. The smallest absolute Gasteiger partial charge is 0.407 e. The summed E-state index contributed by atoms with van der Waals surface area (Å²) < 4.78 is 5.23. The third-order valence-electron chi connectivity index (χ3n) is 3.31. The number of anilines is 1. The summed E-state index contributed by atoms with van der Waals surface area (Å²) in [4.78, 5) is 15.8. The number of rotatable bonds is 4. The maximum atomic E-state index is 11.6. The number of aromatic nitrogens is 3. The van der Waals surface area contributed by atoms with Crippen molar-refractivity contribution in [2.24, 2.45) is 5.92 Å². The molecule has 7 nitrogen and oxygen atoms in total. The topological polar surface area (TPSA) is 89.0 Å². The van der Waals surface area contributed by atoms with Crippen molar-refractivity contribution in [3.05, 3.63) is 10.8 Å². The van der Waals surface area contributed by atoms with Gasteiger partial charge in [-0.2, -0.15) is 0 Å². The lowest BCUT2D eigenvalue weighted by atomic mass is 9.80. The van der Waals surface area contributed by atoms with Gasteiger partial charge in [0.25, 0.3) is 0 Å². The predicted octanol–water partition coefficient (Wildman–Crippen LogP) is 2.55. The largest absolute Gasteiger partial charge is 0.444 e. The first-order chi connectivity index (χ1) is 10.2. The van der Waals surface area contributed by atoms with Crippen molar-refractivity contribution >= 4 is 23.6 Å². The van der Waals surface area contributed by atoms with Crippen LogP contribution in [0.1, 0.15) is 39.3 Å². The van der Waals surface area contributed by atoms with Crippen molar-refractivity contribution in [2.75, 3.05) is 11.9 Å². The maximum absolute atomic E-state index is 11.6. The van der Waals surface area contributed by atoms with Crippen LogP contribution in [0.25, 0.3) is 0 Å². The van der Waals surface area contributed by atoms with Crippen LogP contribution in [0.15, 0.2) is 0 Å². The Morgan fingerprint density at radius 1 is 1.36 bits per heavy atom. The zero-order valence-electron chi connectivity index (χ0n) is 13.3. The van der Waals surface area contributed by atoms with E-state index in [4.69, 9.17) is 16.3 Å². The Morgan fingerprint density at radius 3 is 2.64 bits per heavy atom. The van der Waals surface area contributed by atoms with Crippen molar-refractivity contribution in [3.63, 3.8) is 0 Å². The van der Waals surface area contributed by atoms with Crippen LogP contribution in [0, 0.1) is 12.8 Å². The summed E-state index contributed by atoms with van der Waals surface area (Å²) in [6.45, 7) is 8.08. The molecule has 1 aromatic heterocycles. The molecule has 0 bridgehead atoms. The van der Waals surface area contributed by atoms with Crippen LogP contribution in [0.2, 0.25) is 5.15 Å². The highest BCUT2D eigenvalue weighted by atomic mass is 35.5. The van der Waals surface area contributed by atoms with Gasteiger partial charge < -0.3 is 15.4 Å². The van der Waals surface area contributed by atoms with Crippen LogP contribution in [0.4, 0.5) is 10.7 Å². The van der Waals surface area contributed by atoms with E-state index < -0.39 is 5.60 Å². The molecule has 2 rings (SSSR count). The summed E-state index contributed by atoms with van der Waals surface area (Å²) in [6.07, 6.45) is 1.46. The van der Waals surface area contributed by atoms with Gasteiger partial charge in [-0.15, -0.1) is 10.2 Å². The molecule has 0 radical (unpaired) electrons. The number of carbonyl (C=O) groups excluding carboxylic acids is 1. The fourth-order valence-corrected chi connectivity index (χ4v) is 2.28. The first-order valence-electron chi connectivity index (χ1n) is 7.33. The van der Waals surface area contributed by atoms with Gasteiger partial charge in [0.05, 0.1) is 5.69 Å². The van der Waals surface area contributed by atoms with Crippen molar-refractivity contribution in [2.45, 2.75) is 52.2 Å². The number of carbonyl (C=O) groups is 1. The number of hydrogen-bond acceptors (Lipinski definition) is 6. The fourth-order valence-electron chi connectivity index (χ4n) is 2.20. The molecule has 0 saturated heterocycles. The average Bonchev–Trinajstić information content (AvgIpc) is 2.33. The van der Waals surface area contributed by atoms with E-state index in [0.29, 0.717) is 22.7 Å². The number of hydrogen-bond donors (Lipinski definition) is 2. The van der Waals surface area contributed by atoms with Crippen LogP contribution >= 0.6 is 11.6 Å². The van der Waals surface area contributed by atoms with Gasteiger partial charge in [0.2, 0.25) is 5.95 Å². The van der Waals surface area contributed by atoms with Gasteiger partial charge in [-0.1, -0.05) is 11.6 Å².